The maximum absolute atomic E-state index is 5.78. The Morgan fingerprint density at radius 3 is 2.63 bits per heavy atom. The molecule has 6 nitrogen and oxygen atoms in total. The number of guanidine groups is 1. The van der Waals surface area contributed by atoms with Gasteiger partial charge in [-0.15, -0.1) is 0 Å². The Hall–Kier alpha value is -1.63. The van der Waals surface area contributed by atoms with Gasteiger partial charge in [0.2, 0.25) is 0 Å². The van der Waals surface area contributed by atoms with Gasteiger partial charge in [-0.3, -0.25) is 4.99 Å². The van der Waals surface area contributed by atoms with E-state index in [4.69, 9.17) is 9.47 Å². The van der Waals surface area contributed by atoms with Crippen LogP contribution in [0.4, 0.5) is 0 Å². The zero-order valence-corrected chi connectivity index (χ0v) is 19.4. The van der Waals surface area contributed by atoms with Gasteiger partial charge in [0.25, 0.3) is 0 Å². The highest BCUT2D eigenvalue weighted by molar-refractivity contribution is 5.79. The average Bonchev–Trinajstić information content (AvgIpc) is 3.31. The molecule has 1 aliphatic rings. The van der Waals surface area contributed by atoms with Crippen LogP contribution in [0.3, 0.4) is 0 Å². The molecule has 2 atom stereocenters. The fraction of sp³-hybridized carbons (Fsp3) is 0.708. The van der Waals surface area contributed by atoms with Crippen molar-refractivity contribution >= 4 is 5.96 Å². The molecule has 6 heteroatoms. The highest BCUT2D eigenvalue weighted by Crippen LogP contribution is 2.21. The topological polar surface area (TPSA) is 66.9 Å². The quantitative estimate of drug-likeness (QED) is 0.260. The SMILES string of the molecule is CCC(CC)(CNC(=NC)NCCCOCC1CCOC1)NC(C)c1ccccc1. The number of nitrogens with zero attached hydrogens (tertiary/aromatic N) is 1. The molecule has 1 aromatic rings. The summed E-state index contributed by atoms with van der Waals surface area (Å²) in [4.78, 5) is 4.39. The minimum atomic E-state index is 0.0132. The van der Waals surface area contributed by atoms with Crippen LogP contribution in [-0.4, -0.2) is 58.1 Å². The van der Waals surface area contributed by atoms with Gasteiger partial charge < -0.3 is 25.4 Å². The summed E-state index contributed by atoms with van der Waals surface area (Å²) in [6.45, 7) is 11.7. The Balaban J connectivity index is 1.71. The van der Waals surface area contributed by atoms with Crippen molar-refractivity contribution in [2.75, 3.05) is 46.6 Å². The van der Waals surface area contributed by atoms with Gasteiger partial charge in [0.15, 0.2) is 5.96 Å². The largest absolute Gasteiger partial charge is 0.381 e. The number of aliphatic imine (C=N–C) groups is 1. The van der Waals surface area contributed by atoms with Crippen molar-refractivity contribution in [3.63, 3.8) is 0 Å². The molecule has 1 aliphatic heterocycles. The van der Waals surface area contributed by atoms with Gasteiger partial charge in [-0.05, 0) is 38.2 Å². The van der Waals surface area contributed by atoms with E-state index in [1.54, 1.807) is 0 Å². The predicted octanol–water partition coefficient (Wildman–Crippen LogP) is 3.50. The predicted molar refractivity (Wildman–Crippen MR) is 125 cm³/mol. The Bertz CT molecular complexity index is 598. The van der Waals surface area contributed by atoms with Crippen LogP contribution >= 0.6 is 0 Å². The number of hydrogen-bond acceptors (Lipinski definition) is 4. The summed E-state index contributed by atoms with van der Waals surface area (Å²) < 4.78 is 11.2. The molecule has 0 aliphatic carbocycles. The first-order valence-corrected chi connectivity index (χ1v) is 11.5. The van der Waals surface area contributed by atoms with Crippen molar-refractivity contribution in [2.24, 2.45) is 10.9 Å². The van der Waals surface area contributed by atoms with Gasteiger partial charge in [0.05, 0.1) is 13.2 Å². The van der Waals surface area contributed by atoms with E-state index in [-0.39, 0.29) is 5.54 Å². The molecular formula is C24H42N4O2. The third-order valence-corrected chi connectivity index (χ3v) is 6.13. The molecule has 170 valence electrons. The van der Waals surface area contributed by atoms with Gasteiger partial charge in [-0.25, -0.2) is 0 Å². The normalized spacial score (nSPS) is 18.4. The molecule has 1 heterocycles. The number of benzene rings is 1. The molecule has 30 heavy (non-hydrogen) atoms. The Kier molecular flexibility index (Phi) is 11.2. The van der Waals surface area contributed by atoms with E-state index in [2.05, 4.69) is 72.0 Å². The van der Waals surface area contributed by atoms with Crippen LogP contribution in [-0.2, 0) is 9.47 Å². The zero-order valence-electron chi connectivity index (χ0n) is 19.4. The van der Waals surface area contributed by atoms with Gasteiger partial charge in [-0.2, -0.15) is 0 Å². The minimum absolute atomic E-state index is 0.0132. The van der Waals surface area contributed by atoms with E-state index in [0.29, 0.717) is 12.0 Å². The highest BCUT2D eigenvalue weighted by atomic mass is 16.5. The molecule has 0 spiro atoms. The summed E-state index contributed by atoms with van der Waals surface area (Å²) >= 11 is 0. The molecule has 1 fully saturated rings. The fourth-order valence-corrected chi connectivity index (χ4v) is 3.86. The van der Waals surface area contributed by atoms with Crippen molar-refractivity contribution in [1.82, 2.24) is 16.0 Å². The van der Waals surface area contributed by atoms with Crippen molar-refractivity contribution in [3.8, 4) is 0 Å². The smallest absolute Gasteiger partial charge is 0.191 e. The van der Waals surface area contributed by atoms with Gasteiger partial charge >= 0.3 is 0 Å². The van der Waals surface area contributed by atoms with E-state index in [9.17, 15) is 0 Å². The first kappa shape index (κ1) is 24.6. The van der Waals surface area contributed by atoms with Crippen LogP contribution < -0.4 is 16.0 Å². The van der Waals surface area contributed by atoms with Gasteiger partial charge in [0, 0.05) is 50.8 Å². The molecule has 2 rings (SSSR count). The summed E-state index contributed by atoms with van der Waals surface area (Å²) in [5.74, 6) is 1.43. The third kappa shape index (κ3) is 8.25. The second kappa shape index (κ2) is 13.6. The van der Waals surface area contributed by atoms with Crippen molar-refractivity contribution < 1.29 is 9.47 Å². The van der Waals surface area contributed by atoms with Crippen molar-refractivity contribution in [2.45, 2.75) is 58.0 Å². The van der Waals surface area contributed by atoms with Crippen LogP contribution in [0.5, 0.6) is 0 Å². The van der Waals surface area contributed by atoms with Crippen LogP contribution in [0, 0.1) is 5.92 Å². The molecular weight excluding hydrogens is 376 g/mol. The molecule has 1 saturated heterocycles. The lowest BCUT2D eigenvalue weighted by Crippen LogP contribution is -2.55. The van der Waals surface area contributed by atoms with Crippen LogP contribution in [0.2, 0.25) is 0 Å². The molecule has 2 unspecified atom stereocenters. The number of hydrogen-bond donors (Lipinski definition) is 3. The van der Waals surface area contributed by atoms with E-state index >= 15 is 0 Å². The van der Waals surface area contributed by atoms with Crippen molar-refractivity contribution in [3.05, 3.63) is 35.9 Å². The number of nitrogens with one attached hydrogen (secondary N) is 3. The zero-order chi connectivity index (χ0) is 21.7. The highest BCUT2D eigenvalue weighted by Gasteiger charge is 2.28. The summed E-state index contributed by atoms with van der Waals surface area (Å²) in [6.07, 6.45) is 4.18. The first-order chi connectivity index (χ1) is 14.6. The lowest BCUT2D eigenvalue weighted by atomic mass is 9.90. The monoisotopic (exact) mass is 418 g/mol. The Morgan fingerprint density at radius 2 is 2.00 bits per heavy atom. The maximum Gasteiger partial charge on any atom is 0.191 e. The molecule has 3 N–H and O–H groups in total. The fourth-order valence-electron chi connectivity index (χ4n) is 3.86. The van der Waals surface area contributed by atoms with Crippen LogP contribution in [0.25, 0.3) is 0 Å². The lowest BCUT2D eigenvalue weighted by Gasteiger charge is -2.37. The number of ether oxygens (including phenoxy) is 2. The molecule has 0 amide bonds. The molecule has 0 radical (unpaired) electrons. The second-order valence-electron chi connectivity index (χ2n) is 8.27. The number of rotatable bonds is 13. The van der Waals surface area contributed by atoms with Gasteiger partial charge in [-0.1, -0.05) is 44.2 Å². The summed E-state index contributed by atoms with van der Waals surface area (Å²) in [5.41, 5.74) is 1.33. The molecule has 0 saturated carbocycles. The first-order valence-electron chi connectivity index (χ1n) is 11.5. The minimum Gasteiger partial charge on any atom is -0.381 e. The standard InChI is InChI=1S/C24H42N4O2/c1-5-24(6-2,28-20(3)22-11-8-7-9-12-22)19-27-23(25-4)26-14-10-15-29-17-21-13-16-30-18-21/h7-9,11-12,20-21,28H,5-6,10,13-19H2,1-4H3,(H2,25,26,27). The van der Waals surface area contributed by atoms with Crippen molar-refractivity contribution in [1.29, 1.82) is 0 Å². The summed E-state index contributed by atoms with van der Waals surface area (Å²) in [5, 5.41) is 10.8. The van der Waals surface area contributed by atoms with E-state index in [1.165, 1.54) is 5.56 Å². The Morgan fingerprint density at radius 1 is 1.23 bits per heavy atom. The third-order valence-electron chi connectivity index (χ3n) is 6.13. The summed E-state index contributed by atoms with van der Waals surface area (Å²) in [7, 11) is 1.82. The second-order valence-corrected chi connectivity index (χ2v) is 8.27. The van der Waals surface area contributed by atoms with Gasteiger partial charge in [0.1, 0.15) is 0 Å². The van der Waals surface area contributed by atoms with E-state index < -0.39 is 0 Å². The average molecular weight is 419 g/mol. The van der Waals surface area contributed by atoms with E-state index in [1.807, 2.05) is 7.05 Å². The maximum atomic E-state index is 5.78. The lowest BCUT2D eigenvalue weighted by molar-refractivity contribution is 0.0888. The van der Waals surface area contributed by atoms with Crippen LogP contribution in [0.1, 0.15) is 58.1 Å². The summed E-state index contributed by atoms with van der Waals surface area (Å²) in [6, 6.07) is 10.9. The molecule has 0 aromatic heterocycles. The molecule has 1 aromatic carbocycles. The van der Waals surface area contributed by atoms with Crippen LogP contribution in [0.15, 0.2) is 35.3 Å². The Labute approximate surface area is 183 Å². The molecule has 0 bridgehead atoms. The van der Waals surface area contributed by atoms with E-state index in [0.717, 1.165) is 71.2 Å².